The second kappa shape index (κ2) is 5.87. The molecule has 0 aliphatic carbocycles. The lowest BCUT2D eigenvalue weighted by atomic mass is 10.2. The molecule has 2 aromatic carbocycles. The van der Waals surface area contributed by atoms with Crippen LogP contribution in [0, 0.1) is 20.2 Å². The molecule has 112 valence electrons. The number of hydrogen-bond donors (Lipinski definition) is 2. The van der Waals surface area contributed by atoms with Crippen LogP contribution in [0.5, 0.6) is 0 Å². The van der Waals surface area contributed by atoms with Crippen LogP contribution in [0.4, 0.5) is 22.7 Å². The highest BCUT2D eigenvalue weighted by molar-refractivity contribution is 6.06. The lowest BCUT2D eigenvalue weighted by Gasteiger charge is -2.08. The molecular weight excluding hydrogens is 292 g/mol. The SMILES string of the molecule is Nc1ccc([N+](=O)[O-])cc1NC(=O)c1ccc([N+](=O)[O-])cc1. The summed E-state index contributed by atoms with van der Waals surface area (Å²) in [5.74, 6) is -0.581. The monoisotopic (exact) mass is 302 g/mol. The largest absolute Gasteiger partial charge is 0.397 e. The summed E-state index contributed by atoms with van der Waals surface area (Å²) in [6.07, 6.45) is 0. The quantitative estimate of drug-likeness (QED) is 0.504. The van der Waals surface area contributed by atoms with Crippen LogP contribution >= 0.6 is 0 Å². The van der Waals surface area contributed by atoms with E-state index in [1.807, 2.05) is 0 Å². The molecule has 0 unspecified atom stereocenters. The standard InChI is InChI=1S/C13H10N4O5/c14-11-6-5-10(17(21)22)7-12(11)15-13(18)8-1-3-9(4-2-8)16(19)20/h1-7H,14H2,(H,15,18). The van der Waals surface area contributed by atoms with E-state index >= 15 is 0 Å². The minimum absolute atomic E-state index is 0.0950. The van der Waals surface area contributed by atoms with Gasteiger partial charge in [-0.2, -0.15) is 0 Å². The molecule has 0 atom stereocenters. The Kier molecular flexibility index (Phi) is 3.98. The number of nitrogens with one attached hydrogen (secondary N) is 1. The van der Waals surface area contributed by atoms with Gasteiger partial charge in [0.15, 0.2) is 0 Å². The number of amides is 1. The van der Waals surface area contributed by atoms with Crippen molar-refractivity contribution in [2.24, 2.45) is 0 Å². The molecule has 9 heteroatoms. The molecule has 0 spiro atoms. The number of nitrogens with zero attached hydrogens (tertiary/aromatic N) is 2. The van der Waals surface area contributed by atoms with Crippen molar-refractivity contribution in [3.8, 4) is 0 Å². The third-order valence-corrected chi connectivity index (χ3v) is 2.84. The summed E-state index contributed by atoms with van der Waals surface area (Å²) in [4.78, 5) is 32.1. The summed E-state index contributed by atoms with van der Waals surface area (Å²) < 4.78 is 0. The first-order chi connectivity index (χ1) is 10.4. The molecule has 0 saturated carbocycles. The molecule has 3 N–H and O–H groups in total. The molecule has 22 heavy (non-hydrogen) atoms. The summed E-state index contributed by atoms with van der Waals surface area (Å²) in [6, 6.07) is 8.60. The fraction of sp³-hybridized carbons (Fsp3) is 0. The molecule has 1 amide bonds. The van der Waals surface area contributed by atoms with E-state index in [-0.39, 0.29) is 28.3 Å². The maximum atomic E-state index is 12.0. The number of nitro benzene ring substituents is 2. The number of nitro groups is 2. The van der Waals surface area contributed by atoms with Crippen LogP contribution in [0.3, 0.4) is 0 Å². The van der Waals surface area contributed by atoms with Crippen molar-refractivity contribution in [3.05, 3.63) is 68.3 Å². The minimum atomic E-state index is -0.610. The maximum Gasteiger partial charge on any atom is 0.271 e. The van der Waals surface area contributed by atoms with Gasteiger partial charge in [0.1, 0.15) is 0 Å². The summed E-state index contributed by atoms with van der Waals surface area (Å²) in [6.45, 7) is 0. The number of carbonyl (C=O) groups excluding carboxylic acids is 1. The van der Waals surface area contributed by atoms with E-state index in [0.717, 1.165) is 6.07 Å². The van der Waals surface area contributed by atoms with E-state index < -0.39 is 15.8 Å². The molecule has 0 heterocycles. The highest BCUT2D eigenvalue weighted by Gasteiger charge is 2.14. The van der Waals surface area contributed by atoms with Gasteiger partial charge >= 0.3 is 0 Å². The van der Waals surface area contributed by atoms with Crippen LogP contribution in [-0.2, 0) is 0 Å². The van der Waals surface area contributed by atoms with Crippen molar-refractivity contribution in [3.63, 3.8) is 0 Å². The van der Waals surface area contributed by atoms with Gasteiger partial charge in [-0.25, -0.2) is 0 Å². The van der Waals surface area contributed by atoms with Crippen molar-refractivity contribution in [1.29, 1.82) is 0 Å². The van der Waals surface area contributed by atoms with Crippen LogP contribution in [-0.4, -0.2) is 15.8 Å². The number of nitrogens with two attached hydrogens (primary N) is 1. The van der Waals surface area contributed by atoms with Crippen LogP contribution in [0.15, 0.2) is 42.5 Å². The number of hydrogen-bond acceptors (Lipinski definition) is 6. The van der Waals surface area contributed by atoms with Crippen LogP contribution in [0.2, 0.25) is 0 Å². The normalized spacial score (nSPS) is 10.0. The van der Waals surface area contributed by atoms with Gasteiger partial charge in [0.2, 0.25) is 0 Å². The van der Waals surface area contributed by atoms with Crippen molar-refractivity contribution in [2.45, 2.75) is 0 Å². The maximum absolute atomic E-state index is 12.0. The first-order valence-electron chi connectivity index (χ1n) is 5.98. The minimum Gasteiger partial charge on any atom is -0.397 e. The molecule has 0 radical (unpaired) electrons. The average molecular weight is 302 g/mol. The molecular formula is C13H10N4O5. The summed E-state index contributed by atoms with van der Waals surface area (Å²) >= 11 is 0. The molecule has 0 aromatic heterocycles. The third kappa shape index (κ3) is 3.15. The molecule has 2 rings (SSSR count). The molecule has 0 aliphatic heterocycles. The lowest BCUT2D eigenvalue weighted by Crippen LogP contribution is -2.13. The van der Waals surface area contributed by atoms with Gasteiger partial charge in [0.05, 0.1) is 21.2 Å². The van der Waals surface area contributed by atoms with Crippen molar-refractivity contribution >= 4 is 28.7 Å². The van der Waals surface area contributed by atoms with Gasteiger partial charge in [0.25, 0.3) is 17.3 Å². The third-order valence-electron chi connectivity index (χ3n) is 2.84. The smallest absolute Gasteiger partial charge is 0.271 e. The van der Waals surface area contributed by atoms with Crippen LogP contribution in [0.1, 0.15) is 10.4 Å². The van der Waals surface area contributed by atoms with Crippen LogP contribution < -0.4 is 11.1 Å². The number of non-ortho nitro benzene ring substituents is 2. The van der Waals surface area contributed by atoms with E-state index in [1.54, 1.807) is 0 Å². The van der Waals surface area contributed by atoms with E-state index in [0.29, 0.717) is 0 Å². The first kappa shape index (κ1) is 14.9. The molecule has 9 nitrogen and oxygen atoms in total. The molecule has 0 fully saturated rings. The highest BCUT2D eigenvalue weighted by atomic mass is 16.6. The van der Waals surface area contributed by atoms with Crippen molar-refractivity contribution in [1.82, 2.24) is 0 Å². The zero-order chi connectivity index (χ0) is 16.3. The van der Waals surface area contributed by atoms with Gasteiger partial charge in [-0.3, -0.25) is 25.0 Å². The van der Waals surface area contributed by atoms with Gasteiger partial charge in [-0.05, 0) is 18.2 Å². The number of benzene rings is 2. The Labute approximate surface area is 123 Å². The fourth-order valence-corrected chi connectivity index (χ4v) is 1.70. The molecule has 0 bridgehead atoms. The predicted molar refractivity (Wildman–Crippen MR) is 78.6 cm³/mol. The zero-order valence-electron chi connectivity index (χ0n) is 11.1. The fourth-order valence-electron chi connectivity index (χ4n) is 1.70. The topological polar surface area (TPSA) is 141 Å². The Balaban J connectivity index is 2.23. The number of anilines is 2. The van der Waals surface area contributed by atoms with E-state index in [9.17, 15) is 25.0 Å². The Morgan fingerprint density at radius 1 is 0.955 bits per heavy atom. The Morgan fingerprint density at radius 2 is 1.50 bits per heavy atom. The van der Waals surface area contributed by atoms with Crippen molar-refractivity contribution in [2.75, 3.05) is 11.1 Å². The molecule has 0 aliphatic rings. The van der Waals surface area contributed by atoms with Gasteiger partial charge in [-0.1, -0.05) is 0 Å². The summed E-state index contributed by atoms with van der Waals surface area (Å²) in [5.41, 5.74) is 5.72. The van der Waals surface area contributed by atoms with E-state index in [1.165, 1.54) is 36.4 Å². The van der Waals surface area contributed by atoms with Gasteiger partial charge in [-0.15, -0.1) is 0 Å². The molecule has 2 aromatic rings. The van der Waals surface area contributed by atoms with Gasteiger partial charge < -0.3 is 11.1 Å². The van der Waals surface area contributed by atoms with E-state index in [2.05, 4.69) is 5.32 Å². The number of rotatable bonds is 4. The number of carbonyl (C=O) groups is 1. The number of nitrogen functional groups attached to an aromatic ring is 1. The second-order valence-electron chi connectivity index (χ2n) is 4.29. The van der Waals surface area contributed by atoms with Gasteiger partial charge in [0, 0.05) is 29.8 Å². The first-order valence-corrected chi connectivity index (χ1v) is 5.98. The Bertz CT molecular complexity index is 758. The Hall–Kier alpha value is -3.49. The van der Waals surface area contributed by atoms with E-state index in [4.69, 9.17) is 5.73 Å². The highest BCUT2D eigenvalue weighted by Crippen LogP contribution is 2.25. The van der Waals surface area contributed by atoms with Crippen LogP contribution in [0.25, 0.3) is 0 Å². The molecule has 0 saturated heterocycles. The second-order valence-corrected chi connectivity index (χ2v) is 4.29. The lowest BCUT2D eigenvalue weighted by molar-refractivity contribution is -0.385. The summed E-state index contributed by atoms with van der Waals surface area (Å²) in [5, 5.41) is 23.7. The van der Waals surface area contributed by atoms with Crippen molar-refractivity contribution < 1.29 is 14.6 Å². The zero-order valence-corrected chi connectivity index (χ0v) is 11.1. The summed E-state index contributed by atoms with van der Waals surface area (Å²) in [7, 11) is 0. The predicted octanol–water partition coefficient (Wildman–Crippen LogP) is 2.34. The Morgan fingerprint density at radius 3 is 2.05 bits per heavy atom. The average Bonchev–Trinajstić information content (AvgIpc) is 2.49.